The molecule has 0 unspecified atom stereocenters. The highest BCUT2D eigenvalue weighted by Crippen LogP contribution is 2.24. The first kappa shape index (κ1) is 25.7. The summed E-state index contributed by atoms with van der Waals surface area (Å²) >= 11 is 0. The number of halogens is 1. The van der Waals surface area contributed by atoms with Gasteiger partial charge in [-0.3, -0.25) is 0 Å². The first-order valence-corrected chi connectivity index (χ1v) is 13.6. The molecule has 0 heterocycles. The van der Waals surface area contributed by atoms with Gasteiger partial charge < -0.3 is 0 Å². The van der Waals surface area contributed by atoms with E-state index in [-0.39, 0.29) is 5.82 Å². The van der Waals surface area contributed by atoms with Gasteiger partial charge in [-0.1, -0.05) is 106 Å². The number of aryl methyl sites for hydroxylation is 4. The molecular weight excluding hydrogens is 439 g/mol. The number of rotatable bonds is 10. The van der Waals surface area contributed by atoms with E-state index in [1.807, 2.05) is 30.3 Å². The smallest absolute Gasteiger partial charge is 0.134 e. The lowest BCUT2D eigenvalue weighted by atomic mass is 9.98. The van der Waals surface area contributed by atoms with E-state index in [4.69, 9.17) is 0 Å². The normalized spacial score (nSPS) is 10.9. The van der Waals surface area contributed by atoms with Crippen molar-refractivity contribution in [2.24, 2.45) is 0 Å². The predicted molar refractivity (Wildman–Crippen MR) is 152 cm³/mol. The zero-order chi connectivity index (χ0) is 25.2. The summed E-state index contributed by atoms with van der Waals surface area (Å²) in [4.78, 5) is 0. The molecule has 0 N–H and O–H groups in total. The highest BCUT2D eigenvalue weighted by molar-refractivity contribution is 5.85. The molecule has 0 atom stereocenters. The van der Waals surface area contributed by atoms with E-state index in [0.29, 0.717) is 11.8 Å². The standard InChI is InChI=1S/C35H37F/c1-3-5-6-7-9-28-12-16-29(17-13-28)18-19-31-21-25-34-33(26-31)24-23-32(35(34)36)22-20-30-14-10-27(8-4-2)11-15-30/h10-17,21,23-26H,3-9,20,22H2,1-2H3. The monoisotopic (exact) mass is 476 g/mol. The van der Waals surface area contributed by atoms with Crippen LogP contribution in [-0.4, -0.2) is 0 Å². The van der Waals surface area contributed by atoms with Crippen LogP contribution in [0, 0.1) is 17.7 Å². The second-order valence-corrected chi connectivity index (χ2v) is 9.80. The molecule has 0 fully saturated rings. The van der Waals surface area contributed by atoms with Crippen LogP contribution in [0.25, 0.3) is 10.8 Å². The SMILES string of the molecule is CCCCCCc1ccc(C#Cc2ccc3c(F)c(CCc4ccc(CCC)cc4)ccc3c2)cc1. The molecule has 184 valence electrons. The van der Waals surface area contributed by atoms with Gasteiger partial charge in [0.2, 0.25) is 0 Å². The molecule has 0 aliphatic heterocycles. The third-order valence-corrected chi connectivity index (χ3v) is 6.90. The van der Waals surface area contributed by atoms with Crippen molar-refractivity contribution in [3.63, 3.8) is 0 Å². The summed E-state index contributed by atoms with van der Waals surface area (Å²) in [6.07, 6.45) is 10.1. The minimum Gasteiger partial charge on any atom is -0.206 e. The highest BCUT2D eigenvalue weighted by atomic mass is 19.1. The molecule has 0 aliphatic carbocycles. The Hall–Kier alpha value is -3.37. The van der Waals surface area contributed by atoms with Crippen LogP contribution in [0.15, 0.2) is 78.9 Å². The van der Waals surface area contributed by atoms with Gasteiger partial charge in [0.1, 0.15) is 5.82 Å². The van der Waals surface area contributed by atoms with Crippen molar-refractivity contribution in [2.75, 3.05) is 0 Å². The average molecular weight is 477 g/mol. The third-order valence-electron chi connectivity index (χ3n) is 6.90. The molecule has 0 saturated carbocycles. The van der Waals surface area contributed by atoms with Gasteiger partial charge in [-0.25, -0.2) is 4.39 Å². The van der Waals surface area contributed by atoms with Gasteiger partial charge >= 0.3 is 0 Å². The number of hydrogen-bond acceptors (Lipinski definition) is 0. The summed E-state index contributed by atoms with van der Waals surface area (Å²) in [5, 5.41) is 1.57. The van der Waals surface area contributed by atoms with Crippen molar-refractivity contribution in [1.29, 1.82) is 0 Å². The summed E-state index contributed by atoms with van der Waals surface area (Å²) in [7, 11) is 0. The van der Waals surface area contributed by atoms with Crippen molar-refractivity contribution < 1.29 is 4.39 Å². The van der Waals surface area contributed by atoms with Crippen LogP contribution in [0.4, 0.5) is 4.39 Å². The summed E-state index contributed by atoms with van der Waals surface area (Å²) in [6.45, 7) is 4.44. The fourth-order valence-electron chi connectivity index (χ4n) is 4.70. The van der Waals surface area contributed by atoms with Crippen molar-refractivity contribution in [3.8, 4) is 11.8 Å². The van der Waals surface area contributed by atoms with Crippen LogP contribution >= 0.6 is 0 Å². The summed E-state index contributed by atoms with van der Waals surface area (Å²) in [5.74, 6) is 6.41. The van der Waals surface area contributed by atoms with Crippen LogP contribution in [0.5, 0.6) is 0 Å². The Balaban J connectivity index is 1.40. The maximum atomic E-state index is 15.3. The van der Waals surface area contributed by atoms with E-state index in [2.05, 4.69) is 74.2 Å². The molecule has 0 aliphatic rings. The summed E-state index contributed by atoms with van der Waals surface area (Å²) in [5.41, 5.74) is 6.69. The zero-order valence-electron chi connectivity index (χ0n) is 21.7. The van der Waals surface area contributed by atoms with Crippen LogP contribution in [-0.2, 0) is 25.7 Å². The summed E-state index contributed by atoms with van der Waals surface area (Å²) < 4.78 is 15.3. The van der Waals surface area contributed by atoms with E-state index in [1.54, 1.807) is 0 Å². The van der Waals surface area contributed by atoms with E-state index >= 15 is 4.39 Å². The molecule has 0 nitrogen and oxygen atoms in total. The maximum Gasteiger partial charge on any atom is 0.134 e. The number of unbranched alkanes of at least 4 members (excludes halogenated alkanes) is 3. The third kappa shape index (κ3) is 7.08. The van der Waals surface area contributed by atoms with E-state index in [9.17, 15) is 0 Å². The largest absolute Gasteiger partial charge is 0.206 e. The Labute approximate surface area is 216 Å². The zero-order valence-corrected chi connectivity index (χ0v) is 21.7. The van der Waals surface area contributed by atoms with Crippen LogP contribution in [0.3, 0.4) is 0 Å². The van der Waals surface area contributed by atoms with Gasteiger partial charge in [0.05, 0.1) is 0 Å². The molecule has 4 aromatic rings. The molecule has 0 spiro atoms. The fraction of sp³-hybridized carbons (Fsp3) is 0.314. The molecule has 0 amide bonds. The minimum absolute atomic E-state index is 0.107. The van der Waals surface area contributed by atoms with E-state index in [1.165, 1.54) is 42.4 Å². The predicted octanol–water partition coefficient (Wildman–Crippen LogP) is 9.24. The molecule has 0 saturated heterocycles. The average Bonchev–Trinajstić information content (AvgIpc) is 2.91. The second kappa shape index (κ2) is 13.1. The Morgan fingerprint density at radius 2 is 1.19 bits per heavy atom. The Morgan fingerprint density at radius 1 is 0.556 bits per heavy atom. The number of benzene rings is 4. The van der Waals surface area contributed by atoms with E-state index in [0.717, 1.165) is 47.8 Å². The Kier molecular flexibility index (Phi) is 9.34. The first-order valence-electron chi connectivity index (χ1n) is 13.6. The molecule has 36 heavy (non-hydrogen) atoms. The lowest BCUT2D eigenvalue weighted by Gasteiger charge is -2.08. The van der Waals surface area contributed by atoms with Crippen molar-refractivity contribution in [3.05, 3.63) is 118 Å². The molecule has 4 aromatic carbocycles. The molecule has 4 rings (SSSR count). The minimum atomic E-state index is -0.107. The van der Waals surface area contributed by atoms with Crippen LogP contribution in [0.2, 0.25) is 0 Å². The maximum absolute atomic E-state index is 15.3. The van der Waals surface area contributed by atoms with Gasteiger partial charge in [0.25, 0.3) is 0 Å². The lowest BCUT2D eigenvalue weighted by Crippen LogP contribution is -1.96. The number of hydrogen-bond donors (Lipinski definition) is 0. The van der Waals surface area contributed by atoms with Crippen molar-refractivity contribution in [2.45, 2.75) is 71.6 Å². The lowest BCUT2D eigenvalue weighted by molar-refractivity contribution is 0.620. The Morgan fingerprint density at radius 3 is 1.92 bits per heavy atom. The van der Waals surface area contributed by atoms with Crippen molar-refractivity contribution >= 4 is 10.8 Å². The van der Waals surface area contributed by atoms with Crippen LogP contribution in [0.1, 0.15) is 79.3 Å². The van der Waals surface area contributed by atoms with Gasteiger partial charge in [0, 0.05) is 16.5 Å². The van der Waals surface area contributed by atoms with Gasteiger partial charge in [0.15, 0.2) is 0 Å². The van der Waals surface area contributed by atoms with Crippen LogP contribution < -0.4 is 0 Å². The molecular formula is C35H37F. The quantitative estimate of drug-likeness (QED) is 0.158. The Bertz CT molecular complexity index is 1320. The fourth-order valence-corrected chi connectivity index (χ4v) is 4.70. The van der Waals surface area contributed by atoms with Gasteiger partial charge in [-0.2, -0.15) is 0 Å². The van der Waals surface area contributed by atoms with Gasteiger partial charge in [-0.15, -0.1) is 0 Å². The van der Waals surface area contributed by atoms with Gasteiger partial charge in [-0.05, 0) is 84.0 Å². The topological polar surface area (TPSA) is 0 Å². The first-order chi connectivity index (χ1) is 17.7. The molecule has 0 bridgehead atoms. The second-order valence-electron chi connectivity index (χ2n) is 9.80. The summed E-state index contributed by atoms with van der Waals surface area (Å²) in [6, 6.07) is 27.1. The molecule has 0 aromatic heterocycles. The highest BCUT2D eigenvalue weighted by Gasteiger charge is 2.08. The number of fused-ring (bicyclic) bond motifs is 1. The molecule has 1 heteroatoms. The molecule has 0 radical (unpaired) electrons. The van der Waals surface area contributed by atoms with E-state index < -0.39 is 0 Å². The van der Waals surface area contributed by atoms with Crippen molar-refractivity contribution in [1.82, 2.24) is 0 Å².